The lowest BCUT2D eigenvalue weighted by Crippen LogP contribution is -2.00. The van der Waals surface area contributed by atoms with Gasteiger partial charge in [-0.25, -0.2) is 8.78 Å². The molecule has 2 aromatic rings. The average molecular weight is 341 g/mol. The maximum absolute atomic E-state index is 13.5. The molecule has 0 saturated carbocycles. The fourth-order valence-corrected chi connectivity index (χ4v) is 1.93. The summed E-state index contributed by atoms with van der Waals surface area (Å²) in [5, 5.41) is 0. The van der Waals surface area contributed by atoms with Gasteiger partial charge in [0.1, 0.15) is 23.1 Å². The fraction of sp³-hybridized carbons (Fsp3) is 0.133. The third-order valence-corrected chi connectivity index (χ3v) is 3.40. The Labute approximate surface area is 123 Å². The highest BCUT2D eigenvalue weighted by atomic mass is 79.9. The second-order valence-electron chi connectivity index (χ2n) is 4.33. The lowest BCUT2D eigenvalue weighted by Gasteiger charge is -2.11. The Bertz CT molecular complexity index is 684. The number of hydrogen-bond acceptors (Lipinski definition) is 2. The molecule has 0 unspecified atom stereocenters. The van der Waals surface area contributed by atoms with Crippen LogP contribution in [0.25, 0.3) is 0 Å². The molecule has 0 fully saturated rings. The molecule has 2 nitrogen and oxygen atoms in total. The second kappa shape index (κ2) is 5.71. The number of carbonyl (C=O) groups excluding carboxylic acids is 1. The highest BCUT2D eigenvalue weighted by Gasteiger charge is 2.14. The second-order valence-corrected chi connectivity index (χ2v) is 5.19. The summed E-state index contributed by atoms with van der Waals surface area (Å²) in [6.45, 7) is 2.88. The minimum absolute atomic E-state index is 0.122. The number of halogens is 3. The minimum atomic E-state index is -0.482. The van der Waals surface area contributed by atoms with Crippen molar-refractivity contribution in [2.24, 2.45) is 0 Å². The first-order valence-corrected chi connectivity index (χ1v) is 6.62. The molecule has 0 aliphatic rings. The van der Waals surface area contributed by atoms with E-state index in [0.29, 0.717) is 10.0 Å². The van der Waals surface area contributed by atoms with E-state index in [1.54, 1.807) is 13.0 Å². The number of hydrogen-bond donors (Lipinski definition) is 0. The van der Waals surface area contributed by atoms with Gasteiger partial charge in [0, 0.05) is 6.07 Å². The molecule has 5 heteroatoms. The van der Waals surface area contributed by atoms with E-state index in [0.717, 1.165) is 6.07 Å². The van der Waals surface area contributed by atoms with Crippen molar-refractivity contribution >= 4 is 21.7 Å². The van der Waals surface area contributed by atoms with Crippen molar-refractivity contribution in [2.45, 2.75) is 13.8 Å². The first-order chi connectivity index (χ1) is 9.38. The summed E-state index contributed by atoms with van der Waals surface area (Å²) in [5.74, 6) is -0.843. The topological polar surface area (TPSA) is 26.3 Å². The Hall–Kier alpha value is -1.75. The maximum Gasteiger partial charge on any atom is 0.163 e. The van der Waals surface area contributed by atoms with Crippen LogP contribution in [0.15, 0.2) is 34.8 Å². The maximum atomic E-state index is 13.5. The van der Waals surface area contributed by atoms with Crippen molar-refractivity contribution in [3.63, 3.8) is 0 Å². The van der Waals surface area contributed by atoms with E-state index in [9.17, 15) is 13.6 Å². The van der Waals surface area contributed by atoms with Crippen LogP contribution in [0.1, 0.15) is 22.8 Å². The van der Waals surface area contributed by atoms with E-state index >= 15 is 0 Å². The predicted octanol–water partition coefficient (Wildman–Crippen LogP) is 5.03. The quantitative estimate of drug-likeness (QED) is 0.732. The van der Waals surface area contributed by atoms with Gasteiger partial charge in [0.15, 0.2) is 5.78 Å². The molecule has 0 aliphatic heterocycles. The zero-order chi connectivity index (χ0) is 14.9. The number of rotatable bonds is 3. The van der Waals surface area contributed by atoms with Crippen LogP contribution in [0.4, 0.5) is 8.78 Å². The zero-order valence-electron chi connectivity index (χ0n) is 10.8. The van der Waals surface area contributed by atoms with Gasteiger partial charge in [-0.05, 0) is 59.6 Å². The molecule has 0 N–H and O–H groups in total. The summed E-state index contributed by atoms with van der Waals surface area (Å²) >= 11 is 3.04. The van der Waals surface area contributed by atoms with Crippen LogP contribution in [0.2, 0.25) is 0 Å². The van der Waals surface area contributed by atoms with Gasteiger partial charge in [-0.3, -0.25) is 4.79 Å². The van der Waals surface area contributed by atoms with Crippen LogP contribution in [0, 0.1) is 18.6 Å². The van der Waals surface area contributed by atoms with Crippen molar-refractivity contribution in [3.8, 4) is 11.5 Å². The molecule has 0 heterocycles. The molecule has 0 aliphatic carbocycles. The standard InChI is InChI=1S/C15H11BrF2O2/c1-8-5-15(11(9(2)19)7-13(8)17)20-10-3-4-12(16)14(18)6-10/h3-7H,1-2H3. The van der Waals surface area contributed by atoms with Gasteiger partial charge in [0.2, 0.25) is 0 Å². The Morgan fingerprint density at radius 1 is 1.15 bits per heavy atom. The van der Waals surface area contributed by atoms with Gasteiger partial charge < -0.3 is 4.74 Å². The highest BCUT2D eigenvalue weighted by Crippen LogP contribution is 2.30. The molecule has 0 bridgehead atoms. The molecule has 0 atom stereocenters. The SMILES string of the molecule is CC(=O)c1cc(F)c(C)cc1Oc1ccc(Br)c(F)c1. The third-order valence-electron chi connectivity index (χ3n) is 2.76. The lowest BCUT2D eigenvalue weighted by atomic mass is 10.1. The smallest absolute Gasteiger partial charge is 0.163 e. The normalized spacial score (nSPS) is 10.4. The Balaban J connectivity index is 2.44. The van der Waals surface area contributed by atoms with E-state index in [-0.39, 0.29) is 22.8 Å². The average Bonchev–Trinajstić information content (AvgIpc) is 2.37. The van der Waals surface area contributed by atoms with Crippen LogP contribution in [0.5, 0.6) is 11.5 Å². The van der Waals surface area contributed by atoms with Crippen molar-refractivity contribution in [2.75, 3.05) is 0 Å². The van der Waals surface area contributed by atoms with Crippen molar-refractivity contribution in [1.82, 2.24) is 0 Å². The number of benzene rings is 2. The van der Waals surface area contributed by atoms with E-state index in [4.69, 9.17) is 4.74 Å². The summed E-state index contributed by atoms with van der Waals surface area (Å²) in [4.78, 5) is 11.5. The molecule has 20 heavy (non-hydrogen) atoms. The molecular formula is C15H11BrF2O2. The van der Waals surface area contributed by atoms with Gasteiger partial charge in [-0.1, -0.05) is 0 Å². The van der Waals surface area contributed by atoms with Crippen LogP contribution in [-0.4, -0.2) is 5.78 Å². The van der Waals surface area contributed by atoms with Crippen molar-refractivity contribution < 1.29 is 18.3 Å². The minimum Gasteiger partial charge on any atom is -0.456 e. The van der Waals surface area contributed by atoms with Gasteiger partial charge in [-0.2, -0.15) is 0 Å². The first kappa shape index (κ1) is 14.7. The molecule has 0 radical (unpaired) electrons. The van der Waals surface area contributed by atoms with Crippen molar-refractivity contribution in [3.05, 3.63) is 57.6 Å². The number of carbonyl (C=O) groups is 1. The van der Waals surface area contributed by atoms with Crippen LogP contribution in [0.3, 0.4) is 0 Å². The molecule has 104 valence electrons. The zero-order valence-corrected chi connectivity index (χ0v) is 12.4. The number of aryl methyl sites for hydroxylation is 1. The highest BCUT2D eigenvalue weighted by molar-refractivity contribution is 9.10. The van der Waals surface area contributed by atoms with E-state index < -0.39 is 11.6 Å². The van der Waals surface area contributed by atoms with Gasteiger partial charge in [0.05, 0.1) is 10.0 Å². The summed E-state index contributed by atoms with van der Waals surface area (Å²) in [6.07, 6.45) is 0. The number of Topliss-reactive ketones (excluding diaryl/α,β-unsaturated/α-hetero) is 1. The fourth-order valence-electron chi connectivity index (χ4n) is 1.68. The predicted molar refractivity (Wildman–Crippen MR) is 75.3 cm³/mol. The molecule has 0 aromatic heterocycles. The summed E-state index contributed by atoms with van der Waals surface area (Å²) in [7, 11) is 0. The third kappa shape index (κ3) is 3.04. The van der Waals surface area contributed by atoms with E-state index in [2.05, 4.69) is 15.9 Å². The molecule has 2 rings (SSSR count). The van der Waals surface area contributed by atoms with Crippen LogP contribution < -0.4 is 4.74 Å². The Morgan fingerprint density at radius 2 is 1.85 bits per heavy atom. The number of ether oxygens (including phenoxy) is 1. The molecule has 2 aromatic carbocycles. The molecule has 0 saturated heterocycles. The summed E-state index contributed by atoms with van der Waals surface area (Å²) in [6, 6.07) is 6.78. The van der Waals surface area contributed by atoms with Gasteiger partial charge in [0.25, 0.3) is 0 Å². The summed E-state index contributed by atoms with van der Waals surface area (Å²) in [5.41, 5.74) is 0.471. The van der Waals surface area contributed by atoms with E-state index in [1.807, 2.05) is 0 Å². The molecular weight excluding hydrogens is 330 g/mol. The van der Waals surface area contributed by atoms with Crippen molar-refractivity contribution in [1.29, 1.82) is 0 Å². The largest absolute Gasteiger partial charge is 0.456 e. The number of ketones is 1. The van der Waals surface area contributed by atoms with Crippen LogP contribution >= 0.6 is 15.9 Å². The Morgan fingerprint density at radius 3 is 2.45 bits per heavy atom. The van der Waals surface area contributed by atoms with Crippen LogP contribution in [-0.2, 0) is 0 Å². The molecule has 0 amide bonds. The van der Waals surface area contributed by atoms with Gasteiger partial charge in [-0.15, -0.1) is 0 Å². The Kier molecular flexibility index (Phi) is 4.18. The monoisotopic (exact) mass is 340 g/mol. The first-order valence-electron chi connectivity index (χ1n) is 5.82. The van der Waals surface area contributed by atoms with E-state index in [1.165, 1.54) is 25.1 Å². The molecule has 0 spiro atoms. The summed E-state index contributed by atoms with van der Waals surface area (Å²) < 4.78 is 32.7. The lowest BCUT2D eigenvalue weighted by molar-refractivity contribution is 0.101. The van der Waals surface area contributed by atoms with Gasteiger partial charge >= 0.3 is 0 Å².